The molecule has 3 N–H and O–H groups in total. The van der Waals surface area contributed by atoms with Crippen LogP contribution in [0.15, 0.2) is 12.4 Å². The van der Waals surface area contributed by atoms with Crippen LogP contribution < -0.4 is 11.1 Å². The Balaban J connectivity index is 2.08. The summed E-state index contributed by atoms with van der Waals surface area (Å²) >= 11 is 0. The summed E-state index contributed by atoms with van der Waals surface area (Å²) in [5.41, 5.74) is 6.29. The molecule has 2 unspecified atom stereocenters. The van der Waals surface area contributed by atoms with Gasteiger partial charge in [-0.25, -0.2) is 0 Å². The summed E-state index contributed by atoms with van der Waals surface area (Å²) in [5, 5.41) is 6.88. The van der Waals surface area contributed by atoms with E-state index in [0.717, 1.165) is 24.9 Å². The average molecular weight is 222 g/mol. The van der Waals surface area contributed by atoms with E-state index in [-0.39, 0.29) is 11.9 Å². The first-order valence-electron chi connectivity index (χ1n) is 5.58. The number of aryl methyl sites for hydroxylation is 1. The number of carbonyl (C=O) groups is 1. The number of rotatable bonds is 2. The fourth-order valence-electron chi connectivity index (χ4n) is 2.23. The molecular weight excluding hydrogens is 204 g/mol. The van der Waals surface area contributed by atoms with Gasteiger partial charge in [-0.15, -0.1) is 0 Å². The van der Waals surface area contributed by atoms with E-state index in [0.29, 0.717) is 0 Å². The summed E-state index contributed by atoms with van der Waals surface area (Å²) in [6.45, 7) is 1.94. The molecule has 2 rings (SSSR count). The van der Waals surface area contributed by atoms with Gasteiger partial charge in [-0.3, -0.25) is 9.48 Å². The van der Waals surface area contributed by atoms with Gasteiger partial charge in [0.25, 0.3) is 0 Å². The first-order chi connectivity index (χ1) is 7.52. The first-order valence-corrected chi connectivity index (χ1v) is 5.58. The van der Waals surface area contributed by atoms with Crippen molar-refractivity contribution in [3.63, 3.8) is 0 Å². The Bertz CT molecular complexity index is 400. The smallest absolute Gasteiger partial charge is 0.231 e. The lowest BCUT2D eigenvalue weighted by Gasteiger charge is -2.27. The zero-order valence-electron chi connectivity index (χ0n) is 9.73. The maximum absolute atomic E-state index is 12.1. The number of nitrogens with one attached hydrogen (secondary N) is 1. The number of hydrogen-bond acceptors (Lipinski definition) is 3. The monoisotopic (exact) mass is 222 g/mol. The molecule has 1 saturated carbocycles. The van der Waals surface area contributed by atoms with Gasteiger partial charge < -0.3 is 11.1 Å². The molecule has 1 aromatic rings. The Morgan fingerprint density at radius 3 is 3.00 bits per heavy atom. The third-order valence-corrected chi connectivity index (χ3v) is 3.51. The van der Waals surface area contributed by atoms with Crippen molar-refractivity contribution in [2.24, 2.45) is 18.2 Å². The van der Waals surface area contributed by atoms with Crippen LogP contribution in [0.2, 0.25) is 0 Å². The van der Waals surface area contributed by atoms with Crippen LogP contribution in [-0.4, -0.2) is 21.7 Å². The van der Waals surface area contributed by atoms with E-state index in [9.17, 15) is 4.79 Å². The molecule has 1 fully saturated rings. The lowest BCUT2D eigenvalue weighted by atomic mass is 9.84. The normalized spacial score (nSPS) is 29.3. The highest BCUT2D eigenvalue weighted by molar-refractivity contribution is 5.95. The molecule has 0 bridgehead atoms. The van der Waals surface area contributed by atoms with Crippen LogP contribution in [0.1, 0.15) is 26.2 Å². The largest absolute Gasteiger partial charge is 0.327 e. The van der Waals surface area contributed by atoms with Crippen molar-refractivity contribution in [2.45, 2.75) is 32.2 Å². The minimum atomic E-state index is -0.435. The van der Waals surface area contributed by atoms with Crippen molar-refractivity contribution in [1.29, 1.82) is 0 Å². The lowest BCUT2D eigenvalue weighted by Crippen LogP contribution is -2.44. The van der Waals surface area contributed by atoms with Crippen LogP contribution in [0.4, 0.5) is 5.69 Å². The van der Waals surface area contributed by atoms with Gasteiger partial charge in [-0.1, -0.05) is 6.42 Å². The predicted octanol–water partition coefficient (Wildman–Crippen LogP) is 0.876. The zero-order valence-corrected chi connectivity index (χ0v) is 9.73. The summed E-state index contributed by atoms with van der Waals surface area (Å²) < 4.78 is 1.66. The molecule has 0 aliphatic heterocycles. The lowest BCUT2D eigenvalue weighted by molar-refractivity contribution is -0.125. The quantitative estimate of drug-likeness (QED) is 0.780. The second-order valence-corrected chi connectivity index (χ2v) is 4.77. The van der Waals surface area contributed by atoms with Gasteiger partial charge in [0.05, 0.1) is 17.3 Å². The van der Waals surface area contributed by atoms with Crippen molar-refractivity contribution in [1.82, 2.24) is 9.78 Å². The number of carbonyl (C=O) groups excluding carboxylic acids is 1. The van der Waals surface area contributed by atoms with E-state index >= 15 is 0 Å². The Labute approximate surface area is 95.0 Å². The highest BCUT2D eigenvalue weighted by atomic mass is 16.2. The van der Waals surface area contributed by atoms with Crippen molar-refractivity contribution in [2.75, 3.05) is 5.32 Å². The van der Waals surface area contributed by atoms with Crippen molar-refractivity contribution >= 4 is 11.6 Å². The third-order valence-electron chi connectivity index (χ3n) is 3.51. The molecule has 5 nitrogen and oxygen atoms in total. The molecule has 0 aromatic carbocycles. The molecule has 0 saturated heterocycles. The number of nitrogens with two attached hydrogens (primary N) is 1. The van der Waals surface area contributed by atoms with Gasteiger partial charge in [-0.2, -0.15) is 5.10 Å². The van der Waals surface area contributed by atoms with E-state index in [2.05, 4.69) is 10.4 Å². The fraction of sp³-hybridized carbons (Fsp3) is 0.636. The number of anilines is 1. The second-order valence-electron chi connectivity index (χ2n) is 4.77. The van der Waals surface area contributed by atoms with Crippen LogP contribution in [0.25, 0.3) is 0 Å². The van der Waals surface area contributed by atoms with E-state index in [1.54, 1.807) is 17.1 Å². The predicted molar refractivity (Wildman–Crippen MR) is 61.8 cm³/mol. The number of hydrogen-bond donors (Lipinski definition) is 2. The van der Waals surface area contributed by atoms with Crippen LogP contribution >= 0.6 is 0 Å². The van der Waals surface area contributed by atoms with Gasteiger partial charge >= 0.3 is 0 Å². The van der Waals surface area contributed by atoms with Crippen LogP contribution in [0, 0.1) is 5.41 Å². The minimum Gasteiger partial charge on any atom is -0.327 e. The number of amides is 1. The van der Waals surface area contributed by atoms with Gasteiger partial charge in [-0.05, 0) is 19.8 Å². The van der Waals surface area contributed by atoms with E-state index in [1.807, 2.05) is 14.0 Å². The Morgan fingerprint density at radius 1 is 1.75 bits per heavy atom. The van der Waals surface area contributed by atoms with Crippen LogP contribution in [0.3, 0.4) is 0 Å². The summed E-state index contributed by atoms with van der Waals surface area (Å²) in [4.78, 5) is 12.1. The molecule has 1 heterocycles. The van der Waals surface area contributed by atoms with Crippen molar-refractivity contribution < 1.29 is 4.79 Å². The first kappa shape index (κ1) is 11.1. The SMILES string of the molecule is Cn1cc(NC(=O)C2(C)CCCC2N)cn1. The molecule has 1 aliphatic carbocycles. The molecule has 0 spiro atoms. The molecular formula is C11H18N4O. The Kier molecular flexibility index (Phi) is 2.71. The highest BCUT2D eigenvalue weighted by Gasteiger charge is 2.42. The van der Waals surface area contributed by atoms with Gasteiger partial charge in [0.2, 0.25) is 5.91 Å². The molecule has 5 heteroatoms. The van der Waals surface area contributed by atoms with E-state index < -0.39 is 5.41 Å². The Hall–Kier alpha value is -1.36. The molecule has 88 valence electrons. The molecule has 0 radical (unpaired) electrons. The van der Waals surface area contributed by atoms with Gasteiger partial charge in [0.15, 0.2) is 0 Å². The topological polar surface area (TPSA) is 72.9 Å². The van der Waals surface area contributed by atoms with Crippen molar-refractivity contribution in [3.05, 3.63) is 12.4 Å². The summed E-state index contributed by atoms with van der Waals surface area (Å²) in [6.07, 6.45) is 6.23. The summed E-state index contributed by atoms with van der Waals surface area (Å²) in [7, 11) is 1.82. The molecule has 1 aromatic heterocycles. The van der Waals surface area contributed by atoms with Crippen molar-refractivity contribution in [3.8, 4) is 0 Å². The summed E-state index contributed by atoms with van der Waals surface area (Å²) in [5.74, 6) is 0.00509. The van der Waals surface area contributed by atoms with E-state index in [4.69, 9.17) is 5.73 Å². The average Bonchev–Trinajstić information content (AvgIpc) is 2.76. The maximum atomic E-state index is 12.1. The molecule has 1 aliphatic rings. The second kappa shape index (κ2) is 3.90. The molecule has 1 amide bonds. The highest BCUT2D eigenvalue weighted by Crippen LogP contribution is 2.37. The van der Waals surface area contributed by atoms with Gasteiger partial charge in [0.1, 0.15) is 0 Å². The maximum Gasteiger partial charge on any atom is 0.231 e. The fourth-order valence-corrected chi connectivity index (χ4v) is 2.23. The third kappa shape index (κ3) is 1.82. The molecule has 16 heavy (non-hydrogen) atoms. The van der Waals surface area contributed by atoms with Crippen LogP contribution in [-0.2, 0) is 11.8 Å². The number of nitrogens with zero attached hydrogens (tertiary/aromatic N) is 2. The zero-order chi connectivity index (χ0) is 11.8. The standard InChI is InChI=1S/C11H18N4O/c1-11(5-3-4-9(11)12)10(16)14-8-6-13-15(2)7-8/h6-7,9H,3-5,12H2,1-2H3,(H,14,16). The van der Waals surface area contributed by atoms with Gasteiger partial charge in [0, 0.05) is 19.3 Å². The summed E-state index contributed by atoms with van der Waals surface area (Å²) in [6, 6.07) is -0.0378. The van der Waals surface area contributed by atoms with Crippen LogP contribution in [0.5, 0.6) is 0 Å². The molecule has 2 atom stereocenters. The van der Waals surface area contributed by atoms with E-state index in [1.165, 1.54) is 0 Å². The minimum absolute atomic E-state index is 0.00509. The Morgan fingerprint density at radius 2 is 2.50 bits per heavy atom. The number of aromatic nitrogens is 2.